The number of aryl methyl sites for hydroxylation is 1. The van der Waals surface area contributed by atoms with Crippen LogP contribution in [-0.2, 0) is 0 Å². The van der Waals surface area contributed by atoms with E-state index in [1.54, 1.807) is 0 Å². The van der Waals surface area contributed by atoms with E-state index in [4.69, 9.17) is 4.98 Å². The Morgan fingerprint density at radius 1 is 1.13 bits per heavy atom. The van der Waals surface area contributed by atoms with Gasteiger partial charge in [0, 0.05) is 10.9 Å². The molecule has 0 radical (unpaired) electrons. The number of benzene rings is 2. The van der Waals surface area contributed by atoms with Crippen molar-refractivity contribution in [3.05, 3.63) is 65.2 Å². The quantitative estimate of drug-likeness (QED) is 0.757. The summed E-state index contributed by atoms with van der Waals surface area (Å²) in [5.74, 6) is -0.546. The van der Waals surface area contributed by atoms with Crippen LogP contribution in [0.25, 0.3) is 22.2 Å². The average Bonchev–Trinajstić information content (AvgIpc) is 3.38. The smallest absolute Gasteiger partial charge is 0.336 e. The van der Waals surface area contributed by atoms with Crippen molar-refractivity contribution in [3.63, 3.8) is 0 Å². The van der Waals surface area contributed by atoms with Crippen molar-refractivity contribution in [2.75, 3.05) is 0 Å². The Labute approximate surface area is 134 Å². The average molecular weight is 303 g/mol. The van der Waals surface area contributed by atoms with Crippen molar-refractivity contribution in [2.45, 2.75) is 25.7 Å². The molecule has 0 unspecified atom stereocenters. The van der Waals surface area contributed by atoms with Gasteiger partial charge in [0.15, 0.2) is 0 Å². The molecular formula is C20H17NO2. The predicted molar refractivity (Wildman–Crippen MR) is 90.9 cm³/mol. The molecule has 1 saturated carbocycles. The lowest BCUT2D eigenvalue weighted by molar-refractivity contribution is 0.0698. The summed E-state index contributed by atoms with van der Waals surface area (Å²) in [7, 11) is 0. The largest absolute Gasteiger partial charge is 0.478 e. The molecule has 1 aliphatic carbocycles. The third kappa shape index (κ3) is 2.38. The molecule has 0 amide bonds. The number of aromatic nitrogens is 1. The molecule has 0 bridgehead atoms. The first-order valence-electron chi connectivity index (χ1n) is 7.88. The van der Waals surface area contributed by atoms with Crippen molar-refractivity contribution < 1.29 is 9.90 Å². The molecule has 4 rings (SSSR count). The van der Waals surface area contributed by atoms with Gasteiger partial charge in [-0.1, -0.05) is 42.0 Å². The van der Waals surface area contributed by atoms with Crippen molar-refractivity contribution in [2.24, 2.45) is 0 Å². The second-order valence-electron chi connectivity index (χ2n) is 6.22. The molecule has 0 saturated heterocycles. The van der Waals surface area contributed by atoms with Crippen LogP contribution in [0.1, 0.15) is 40.2 Å². The Kier molecular flexibility index (Phi) is 3.15. The first kappa shape index (κ1) is 13.9. The Bertz CT molecular complexity index is 912. The molecule has 3 heteroatoms. The molecule has 0 spiro atoms. The normalized spacial score (nSPS) is 14.1. The van der Waals surface area contributed by atoms with E-state index in [2.05, 4.69) is 0 Å². The number of aromatic carboxylic acids is 1. The zero-order valence-electron chi connectivity index (χ0n) is 12.9. The zero-order valence-corrected chi connectivity index (χ0v) is 12.9. The van der Waals surface area contributed by atoms with Gasteiger partial charge < -0.3 is 5.11 Å². The van der Waals surface area contributed by atoms with E-state index in [1.807, 2.05) is 55.5 Å². The molecule has 23 heavy (non-hydrogen) atoms. The maximum absolute atomic E-state index is 12.0. The van der Waals surface area contributed by atoms with E-state index < -0.39 is 5.97 Å². The van der Waals surface area contributed by atoms with Crippen LogP contribution in [0.3, 0.4) is 0 Å². The topological polar surface area (TPSA) is 50.2 Å². The predicted octanol–water partition coefficient (Wildman–Crippen LogP) is 4.79. The van der Waals surface area contributed by atoms with E-state index in [-0.39, 0.29) is 0 Å². The fourth-order valence-electron chi connectivity index (χ4n) is 3.21. The molecule has 1 N–H and O–H groups in total. The minimum atomic E-state index is -0.859. The van der Waals surface area contributed by atoms with Crippen molar-refractivity contribution in [1.29, 1.82) is 0 Å². The fourth-order valence-corrected chi connectivity index (χ4v) is 3.21. The summed E-state index contributed by atoms with van der Waals surface area (Å²) in [5, 5.41) is 10.6. The van der Waals surface area contributed by atoms with Gasteiger partial charge in [0.2, 0.25) is 0 Å². The maximum atomic E-state index is 12.0. The van der Waals surface area contributed by atoms with Gasteiger partial charge in [-0.3, -0.25) is 0 Å². The van der Waals surface area contributed by atoms with Crippen LogP contribution in [-0.4, -0.2) is 16.1 Å². The number of hydrogen-bond acceptors (Lipinski definition) is 2. The molecule has 1 aliphatic rings. The maximum Gasteiger partial charge on any atom is 0.336 e. The number of carboxylic acid groups (broad SMARTS) is 1. The van der Waals surface area contributed by atoms with Crippen molar-refractivity contribution in [1.82, 2.24) is 4.98 Å². The van der Waals surface area contributed by atoms with Crippen LogP contribution >= 0.6 is 0 Å². The van der Waals surface area contributed by atoms with E-state index >= 15 is 0 Å². The van der Waals surface area contributed by atoms with E-state index in [0.717, 1.165) is 46.1 Å². The summed E-state index contributed by atoms with van der Waals surface area (Å²) >= 11 is 0. The van der Waals surface area contributed by atoms with Crippen LogP contribution in [0.5, 0.6) is 0 Å². The number of hydrogen-bond donors (Lipinski definition) is 1. The lowest BCUT2D eigenvalue weighted by atomic mass is 9.93. The molecule has 1 aromatic heterocycles. The summed E-state index contributed by atoms with van der Waals surface area (Å²) in [6.45, 7) is 1.98. The number of pyridine rings is 1. The van der Waals surface area contributed by atoms with Gasteiger partial charge >= 0.3 is 5.97 Å². The van der Waals surface area contributed by atoms with Crippen LogP contribution in [0.15, 0.2) is 48.5 Å². The number of fused-ring (bicyclic) bond motifs is 1. The first-order valence-corrected chi connectivity index (χ1v) is 7.88. The number of carbonyl (C=O) groups is 1. The Hall–Kier alpha value is -2.68. The Morgan fingerprint density at radius 3 is 2.52 bits per heavy atom. The molecule has 0 aliphatic heterocycles. The van der Waals surface area contributed by atoms with Gasteiger partial charge in [0.05, 0.1) is 16.8 Å². The monoisotopic (exact) mass is 303 g/mol. The minimum Gasteiger partial charge on any atom is -0.478 e. The number of rotatable bonds is 3. The van der Waals surface area contributed by atoms with Crippen LogP contribution < -0.4 is 0 Å². The summed E-state index contributed by atoms with van der Waals surface area (Å²) in [4.78, 5) is 16.9. The third-order valence-electron chi connectivity index (χ3n) is 4.42. The molecule has 2 aromatic carbocycles. The summed E-state index contributed by atoms with van der Waals surface area (Å²) < 4.78 is 0. The SMILES string of the molecule is Cc1ccc2nc(-c3ccccc3)c(C3CC3)c(C(=O)O)c2c1. The number of carboxylic acids is 1. The second-order valence-corrected chi connectivity index (χ2v) is 6.22. The fraction of sp³-hybridized carbons (Fsp3) is 0.200. The summed E-state index contributed by atoms with van der Waals surface area (Å²) in [5.41, 5.74) is 4.94. The molecule has 114 valence electrons. The third-order valence-corrected chi connectivity index (χ3v) is 4.42. The molecule has 1 heterocycles. The van der Waals surface area contributed by atoms with Gasteiger partial charge in [0.1, 0.15) is 0 Å². The van der Waals surface area contributed by atoms with Crippen LogP contribution in [0, 0.1) is 6.92 Å². The van der Waals surface area contributed by atoms with Crippen LogP contribution in [0.2, 0.25) is 0 Å². The zero-order chi connectivity index (χ0) is 16.0. The molecule has 3 aromatic rings. The second kappa shape index (κ2) is 5.20. The minimum absolute atomic E-state index is 0.314. The van der Waals surface area contributed by atoms with Gasteiger partial charge in [-0.25, -0.2) is 9.78 Å². The first-order chi connectivity index (χ1) is 11.1. The van der Waals surface area contributed by atoms with Gasteiger partial charge in [-0.2, -0.15) is 0 Å². The molecule has 1 fully saturated rings. The van der Waals surface area contributed by atoms with Gasteiger partial charge in [0.25, 0.3) is 0 Å². The molecular weight excluding hydrogens is 286 g/mol. The van der Waals surface area contributed by atoms with Crippen LogP contribution in [0.4, 0.5) is 0 Å². The molecule has 0 atom stereocenters. The highest BCUT2D eigenvalue weighted by atomic mass is 16.4. The van der Waals surface area contributed by atoms with Crippen molar-refractivity contribution in [3.8, 4) is 11.3 Å². The standard InChI is InChI=1S/C20H17NO2/c1-12-7-10-16-15(11-12)18(20(22)23)17(13-8-9-13)19(21-16)14-5-3-2-4-6-14/h2-7,10-11,13H,8-9H2,1H3,(H,22,23). The molecule has 3 nitrogen and oxygen atoms in total. The lowest BCUT2D eigenvalue weighted by Gasteiger charge is -2.15. The Morgan fingerprint density at radius 2 is 1.87 bits per heavy atom. The van der Waals surface area contributed by atoms with Gasteiger partial charge in [-0.05, 0) is 43.4 Å². The van der Waals surface area contributed by atoms with E-state index in [9.17, 15) is 9.90 Å². The Balaban J connectivity index is 2.12. The van der Waals surface area contributed by atoms with Crippen molar-refractivity contribution >= 4 is 16.9 Å². The highest BCUT2D eigenvalue weighted by molar-refractivity contribution is 6.06. The summed E-state index contributed by atoms with van der Waals surface area (Å²) in [6, 6.07) is 15.7. The van der Waals surface area contributed by atoms with E-state index in [1.165, 1.54) is 0 Å². The van der Waals surface area contributed by atoms with E-state index in [0.29, 0.717) is 11.5 Å². The van der Waals surface area contributed by atoms with Gasteiger partial charge in [-0.15, -0.1) is 0 Å². The highest BCUT2D eigenvalue weighted by Gasteiger charge is 2.33. The highest BCUT2D eigenvalue weighted by Crippen LogP contribution is 2.47. The number of nitrogens with zero attached hydrogens (tertiary/aromatic N) is 1. The summed E-state index contributed by atoms with van der Waals surface area (Å²) in [6.07, 6.45) is 2.08. The lowest BCUT2D eigenvalue weighted by Crippen LogP contribution is -2.07.